The summed E-state index contributed by atoms with van der Waals surface area (Å²) < 4.78 is 13.6. The van der Waals surface area contributed by atoms with Crippen LogP contribution >= 0.6 is 24.0 Å². The highest BCUT2D eigenvalue weighted by molar-refractivity contribution is 14.0. The first kappa shape index (κ1) is 21.4. The van der Waals surface area contributed by atoms with E-state index in [2.05, 4.69) is 27.0 Å². The largest absolute Gasteiger partial charge is 0.361 e. The van der Waals surface area contributed by atoms with Gasteiger partial charge >= 0.3 is 0 Å². The molecule has 1 atom stereocenters. The van der Waals surface area contributed by atoms with E-state index in [0.717, 1.165) is 48.5 Å². The van der Waals surface area contributed by atoms with Crippen molar-refractivity contribution in [3.05, 3.63) is 35.8 Å². The summed E-state index contributed by atoms with van der Waals surface area (Å²) in [6.07, 6.45) is 6.70. The number of nitrogens with zero attached hydrogens (tertiary/aromatic N) is 3. The summed E-state index contributed by atoms with van der Waals surface area (Å²) in [5.41, 5.74) is 2.11. The average molecular weight is 499 g/mol. The van der Waals surface area contributed by atoms with E-state index in [0.29, 0.717) is 12.6 Å². The van der Waals surface area contributed by atoms with Gasteiger partial charge in [0.1, 0.15) is 5.82 Å². The van der Waals surface area contributed by atoms with Crippen molar-refractivity contribution in [3.8, 4) is 0 Å². The molecule has 1 unspecified atom stereocenters. The van der Waals surface area contributed by atoms with Gasteiger partial charge in [0.15, 0.2) is 5.96 Å². The highest BCUT2D eigenvalue weighted by atomic mass is 127. The lowest BCUT2D eigenvalue weighted by molar-refractivity contribution is 0.249. The molecule has 2 aromatic rings. The Balaban J connectivity index is 0.00000225. The molecule has 0 saturated carbocycles. The van der Waals surface area contributed by atoms with Crippen LogP contribution in [0.15, 0.2) is 29.4 Å². The third kappa shape index (κ3) is 4.79. The molecule has 1 aromatic carbocycles. The Kier molecular flexibility index (Phi) is 7.56. The van der Waals surface area contributed by atoms with Crippen molar-refractivity contribution in [1.29, 1.82) is 0 Å². The summed E-state index contributed by atoms with van der Waals surface area (Å²) in [5.74, 6) is 0.829. The summed E-state index contributed by atoms with van der Waals surface area (Å²) >= 11 is 0. The van der Waals surface area contributed by atoms with Gasteiger partial charge < -0.3 is 15.2 Å². The van der Waals surface area contributed by atoms with Crippen LogP contribution in [-0.2, 0) is 6.42 Å². The maximum Gasteiger partial charge on any atom is 0.193 e. The molecule has 3 heterocycles. The smallest absolute Gasteiger partial charge is 0.193 e. The van der Waals surface area contributed by atoms with Crippen LogP contribution in [0.5, 0.6) is 0 Å². The first-order valence-electron chi connectivity index (χ1n) is 10.3. The number of aromatic amines is 1. The minimum Gasteiger partial charge on any atom is -0.361 e. The van der Waals surface area contributed by atoms with Crippen LogP contribution in [-0.4, -0.2) is 66.1 Å². The fourth-order valence-corrected chi connectivity index (χ4v) is 4.40. The monoisotopic (exact) mass is 499 g/mol. The number of nitrogens with one attached hydrogen (secondary N) is 2. The molecular weight excluding hydrogens is 468 g/mol. The summed E-state index contributed by atoms with van der Waals surface area (Å²) in [6, 6.07) is 5.57. The predicted octanol–water partition coefficient (Wildman–Crippen LogP) is 3.60. The number of hydrogen-bond donors (Lipinski definition) is 2. The van der Waals surface area contributed by atoms with E-state index in [-0.39, 0.29) is 29.8 Å². The summed E-state index contributed by atoms with van der Waals surface area (Å²) in [4.78, 5) is 13.1. The second kappa shape index (κ2) is 9.91. The molecule has 2 saturated heterocycles. The topological polar surface area (TPSA) is 46.7 Å². The number of halogens is 2. The fraction of sp³-hybridized carbons (Fsp3) is 0.571. The molecule has 1 aromatic heterocycles. The highest BCUT2D eigenvalue weighted by Crippen LogP contribution is 2.21. The highest BCUT2D eigenvalue weighted by Gasteiger charge is 2.30. The van der Waals surface area contributed by atoms with Crippen molar-refractivity contribution in [2.24, 2.45) is 4.99 Å². The van der Waals surface area contributed by atoms with Crippen LogP contribution in [0.2, 0.25) is 0 Å². The van der Waals surface area contributed by atoms with E-state index < -0.39 is 0 Å². The van der Waals surface area contributed by atoms with Gasteiger partial charge in [0, 0.05) is 49.3 Å². The summed E-state index contributed by atoms with van der Waals surface area (Å²) in [5, 5.41) is 4.42. The lowest BCUT2D eigenvalue weighted by Crippen LogP contribution is -2.42. The molecule has 2 aliphatic rings. The summed E-state index contributed by atoms with van der Waals surface area (Å²) in [6.45, 7) is 8.35. The zero-order valence-corrected chi connectivity index (χ0v) is 18.9. The van der Waals surface area contributed by atoms with Crippen LogP contribution in [0.1, 0.15) is 31.7 Å². The first-order chi connectivity index (χ1) is 13.2. The van der Waals surface area contributed by atoms with Gasteiger partial charge in [-0.2, -0.15) is 0 Å². The Morgan fingerprint density at radius 1 is 1.29 bits per heavy atom. The van der Waals surface area contributed by atoms with E-state index in [1.807, 2.05) is 6.20 Å². The summed E-state index contributed by atoms with van der Waals surface area (Å²) in [7, 11) is 0. The Morgan fingerprint density at radius 2 is 2.11 bits per heavy atom. The SMILES string of the molecule is CCNC(=NCCc1c[nH]c2ccc(F)cc12)N1CCC(N2CCCC2)C1.I. The first-order valence-corrected chi connectivity index (χ1v) is 10.3. The van der Waals surface area contributed by atoms with Crippen molar-refractivity contribution in [2.45, 2.75) is 38.6 Å². The Hall–Kier alpha value is -1.35. The quantitative estimate of drug-likeness (QED) is 0.376. The van der Waals surface area contributed by atoms with Crippen LogP contribution in [0, 0.1) is 5.82 Å². The predicted molar refractivity (Wildman–Crippen MR) is 124 cm³/mol. The zero-order valence-electron chi connectivity index (χ0n) is 16.6. The number of guanidine groups is 1. The van der Waals surface area contributed by atoms with Gasteiger partial charge in [-0.25, -0.2) is 4.39 Å². The molecule has 28 heavy (non-hydrogen) atoms. The van der Waals surface area contributed by atoms with E-state index in [9.17, 15) is 4.39 Å². The molecule has 0 aliphatic carbocycles. The molecule has 5 nitrogen and oxygen atoms in total. The maximum absolute atomic E-state index is 13.6. The van der Waals surface area contributed by atoms with Gasteiger partial charge in [-0.3, -0.25) is 9.89 Å². The minimum absolute atomic E-state index is 0. The third-order valence-electron chi connectivity index (χ3n) is 5.83. The minimum atomic E-state index is -0.190. The van der Waals surface area contributed by atoms with Crippen molar-refractivity contribution >= 4 is 40.8 Å². The zero-order chi connectivity index (χ0) is 18.6. The van der Waals surface area contributed by atoms with E-state index in [1.54, 1.807) is 12.1 Å². The van der Waals surface area contributed by atoms with Crippen molar-refractivity contribution < 1.29 is 4.39 Å². The second-order valence-electron chi connectivity index (χ2n) is 7.62. The molecule has 2 N–H and O–H groups in total. The Bertz CT molecular complexity index is 799. The number of aromatic nitrogens is 1. The van der Waals surface area contributed by atoms with Crippen molar-refractivity contribution in [2.75, 3.05) is 39.3 Å². The van der Waals surface area contributed by atoms with Gasteiger partial charge in [-0.15, -0.1) is 24.0 Å². The maximum atomic E-state index is 13.6. The molecule has 0 amide bonds. The Morgan fingerprint density at radius 3 is 2.89 bits per heavy atom. The molecule has 2 fully saturated rings. The number of aliphatic imine (C=N–C) groups is 1. The molecule has 154 valence electrons. The fourth-order valence-electron chi connectivity index (χ4n) is 4.40. The lowest BCUT2D eigenvalue weighted by atomic mass is 10.1. The molecule has 0 spiro atoms. The number of rotatable bonds is 5. The van der Waals surface area contributed by atoms with Crippen LogP contribution < -0.4 is 5.32 Å². The third-order valence-corrected chi connectivity index (χ3v) is 5.83. The number of hydrogen-bond acceptors (Lipinski definition) is 2. The molecule has 0 radical (unpaired) electrons. The number of benzene rings is 1. The van der Waals surface area contributed by atoms with Gasteiger partial charge in [0.2, 0.25) is 0 Å². The molecule has 2 aliphatic heterocycles. The van der Waals surface area contributed by atoms with Crippen LogP contribution in [0.3, 0.4) is 0 Å². The standard InChI is InChI=1S/C21H30FN5.HI/c1-2-23-21(27-12-8-18(15-27)26-10-3-4-11-26)24-9-7-16-14-25-20-6-5-17(22)13-19(16)20;/h5-6,13-14,18,25H,2-4,7-12,15H2,1H3,(H,23,24);1H. The molecule has 4 rings (SSSR count). The van der Waals surface area contributed by atoms with E-state index in [1.165, 1.54) is 38.4 Å². The molecular formula is C21H31FIN5. The average Bonchev–Trinajstić information content (AvgIpc) is 3.41. The number of H-pyrrole nitrogens is 1. The number of likely N-dealkylation sites (tertiary alicyclic amines) is 2. The van der Waals surface area contributed by atoms with Crippen LogP contribution in [0.25, 0.3) is 10.9 Å². The van der Waals surface area contributed by atoms with E-state index >= 15 is 0 Å². The lowest BCUT2D eigenvalue weighted by Gasteiger charge is -2.25. The second-order valence-corrected chi connectivity index (χ2v) is 7.62. The molecule has 7 heteroatoms. The van der Waals surface area contributed by atoms with E-state index in [4.69, 9.17) is 4.99 Å². The Labute approximate surface area is 183 Å². The van der Waals surface area contributed by atoms with Gasteiger partial charge in [-0.05, 0) is 69.5 Å². The van der Waals surface area contributed by atoms with Crippen molar-refractivity contribution in [1.82, 2.24) is 20.1 Å². The van der Waals surface area contributed by atoms with Gasteiger partial charge in [0.05, 0.1) is 0 Å². The van der Waals surface area contributed by atoms with Crippen LogP contribution in [0.4, 0.5) is 4.39 Å². The van der Waals surface area contributed by atoms with Gasteiger partial charge in [-0.1, -0.05) is 0 Å². The normalized spacial score (nSPS) is 20.7. The number of fused-ring (bicyclic) bond motifs is 1. The van der Waals surface area contributed by atoms with Gasteiger partial charge in [0.25, 0.3) is 0 Å². The molecule has 0 bridgehead atoms. The van der Waals surface area contributed by atoms with Crippen molar-refractivity contribution in [3.63, 3.8) is 0 Å².